The van der Waals surface area contributed by atoms with Crippen molar-refractivity contribution < 1.29 is 23.9 Å². The lowest BCUT2D eigenvalue weighted by atomic mass is 10.0. The molecule has 0 unspecified atom stereocenters. The highest BCUT2D eigenvalue weighted by molar-refractivity contribution is 6.13. The number of hydrogen-bond donors (Lipinski definition) is 0. The van der Waals surface area contributed by atoms with Crippen LogP contribution < -0.4 is 0 Å². The van der Waals surface area contributed by atoms with E-state index in [4.69, 9.17) is 9.47 Å². The summed E-state index contributed by atoms with van der Waals surface area (Å²) in [6.45, 7) is -0.133. The Hall–Kier alpha value is -3.41. The van der Waals surface area contributed by atoms with Crippen LogP contribution in [0.25, 0.3) is 10.9 Å². The summed E-state index contributed by atoms with van der Waals surface area (Å²) in [6.07, 6.45) is -0.0703. The normalized spacial score (nSPS) is 10.6. The third kappa shape index (κ3) is 3.60. The van der Waals surface area contributed by atoms with E-state index in [2.05, 4.69) is 0 Å². The summed E-state index contributed by atoms with van der Waals surface area (Å²) in [7, 11) is 2.59. The first-order chi connectivity index (χ1) is 13.1. The van der Waals surface area contributed by atoms with Crippen molar-refractivity contribution in [3.05, 3.63) is 71.4 Å². The Bertz CT molecular complexity index is 949. The fraction of sp³-hybridized carbons (Fsp3) is 0.190. The topological polar surface area (TPSA) is 74.6 Å². The number of nitrogens with zero attached hydrogens (tertiary/aromatic N) is 1. The molecule has 0 saturated carbocycles. The maximum absolute atomic E-state index is 13.3. The summed E-state index contributed by atoms with van der Waals surface area (Å²) >= 11 is 0. The van der Waals surface area contributed by atoms with E-state index in [1.165, 1.54) is 14.2 Å². The van der Waals surface area contributed by atoms with Crippen molar-refractivity contribution in [3.63, 3.8) is 0 Å². The second-order valence-electron chi connectivity index (χ2n) is 5.95. The minimum Gasteiger partial charge on any atom is -0.469 e. The molecule has 27 heavy (non-hydrogen) atoms. The smallest absolute Gasteiger partial charge is 0.325 e. The van der Waals surface area contributed by atoms with E-state index in [0.717, 1.165) is 5.39 Å². The summed E-state index contributed by atoms with van der Waals surface area (Å²) < 4.78 is 11.2. The first-order valence-electron chi connectivity index (χ1n) is 8.40. The van der Waals surface area contributed by atoms with Crippen molar-refractivity contribution >= 4 is 28.6 Å². The molecule has 0 saturated heterocycles. The average molecular weight is 365 g/mol. The molecule has 0 fully saturated rings. The Morgan fingerprint density at radius 3 is 2.15 bits per heavy atom. The van der Waals surface area contributed by atoms with Gasteiger partial charge in [-0.1, -0.05) is 48.5 Å². The summed E-state index contributed by atoms with van der Waals surface area (Å²) in [4.78, 5) is 37.2. The van der Waals surface area contributed by atoms with Crippen LogP contribution in [0, 0.1) is 0 Å². The number of methoxy groups -OCH3 is 2. The minimum atomic E-state index is -0.484. The number of esters is 2. The van der Waals surface area contributed by atoms with Crippen LogP contribution in [-0.4, -0.2) is 36.5 Å². The number of fused-ring (bicyclic) bond motifs is 1. The SMILES string of the molecule is COC(=O)Cc1c(C(=O)c2ccccc2)n(CC(=O)OC)c2ccccc12. The van der Waals surface area contributed by atoms with E-state index in [0.29, 0.717) is 22.3 Å². The van der Waals surface area contributed by atoms with Crippen LogP contribution in [0.3, 0.4) is 0 Å². The van der Waals surface area contributed by atoms with Gasteiger partial charge in [0, 0.05) is 22.0 Å². The Morgan fingerprint density at radius 1 is 0.852 bits per heavy atom. The molecule has 6 nitrogen and oxygen atoms in total. The number of rotatable bonds is 6. The van der Waals surface area contributed by atoms with E-state index < -0.39 is 11.9 Å². The van der Waals surface area contributed by atoms with Gasteiger partial charge in [0.05, 0.1) is 26.3 Å². The van der Waals surface area contributed by atoms with E-state index in [9.17, 15) is 14.4 Å². The third-order valence-electron chi connectivity index (χ3n) is 4.39. The highest BCUT2D eigenvalue weighted by Gasteiger charge is 2.26. The van der Waals surface area contributed by atoms with Gasteiger partial charge in [-0.05, 0) is 6.07 Å². The number of benzene rings is 2. The molecule has 138 valence electrons. The monoisotopic (exact) mass is 365 g/mol. The maximum Gasteiger partial charge on any atom is 0.325 e. The van der Waals surface area contributed by atoms with Gasteiger partial charge in [0.25, 0.3) is 0 Å². The van der Waals surface area contributed by atoms with Crippen molar-refractivity contribution in [2.75, 3.05) is 14.2 Å². The quantitative estimate of drug-likeness (QED) is 0.496. The van der Waals surface area contributed by atoms with Crippen molar-refractivity contribution in [2.24, 2.45) is 0 Å². The molecular formula is C21H19NO5. The first kappa shape index (κ1) is 18.4. The van der Waals surface area contributed by atoms with Crippen LogP contribution in [0.2, 0.25) is 0 Å². The Balaban J connectivity index is 2.27. The highest BCUT2D eigenvalue weighted by atomic mass is 16.5. The molecule has 2 aromatic carbocycles. The van der Waals surface area contributed by atoms with E-state index >= 15 is 0 Å². The summed E-state index contributed by atoms with van der Waals surface area (Å²) in [5.74, 6) is -1.21. The Labute approximate surface area is 156 Å². The van der Waals surface area contributed by atoms with Crippen molar-refractivity contribution in [2.45, 2.75) is 13.0 Å². The lowest BCUT2D eigenvalue weighted by Crippen LogP contribution is -2.19. The van der Waals surface area contributed by atoms with Crippen LogP contribution in [0.5, 0.6) is 0 Å². The van der Waals surface area contributed by atoms with Crippen molar-refractivity contribution in [1.82, 2.24) is 4.57 Å². The molecule has 0 aliphatic carbocycles. The number of ketones is 1. The van der Waals surface area contributed by atoms with Crippen LogP contribution in [-0.2, 0) is 32.0 Å². The molecule has 3 rings (SSSR count). The molecule has 0 atom stereocenters. The number of aromatic nitrogens is 1. The van der Waals surface area contributed by atoms with Gasteiger partial charge in [-0.2, -0.15) is 0 Å². The molecule has 0 N–H and O–H groups in total. The van der Waals surface area contributed by atoms with Gasteiger partial charge >= 0.3 is 11.9 Å². The molecule has 0 bridgehead atoms. The second kappa shape index (κ2) is 7.86. The number of carbonyl (C=O) groups excluding carboxylic acids is 3. The van der Waals surface area contributed by atoms with E-state index in [1.807, 2.05) is 24.3 Å². The van der Waals surface area contributed by atoms with Gasteiger partial charge in [-0.3, -0.25) is 14.4 Å². The zero-order chi connectivity index (χ0) is 19.4. The molecular weight excluding hydrogens is 346 g/mol. The van der Waals surface area contributed by atoms with Gasteiger partial charge in [0.2, 0.25) is 5.78 Å². The lowest BCUT2D eigenvalue weighted by molar-refractivity contribution is -0.141. The molecule has 1 heterocycles. The Morgan fingerprint density at radius 2 is 1.48 bits per heavy atom. The summed E-state index contributed by atoms with van der Waals surface area (Å²) in [5, 5.41) is 0.728. The average Bonchev–Trinajstić information content (AvgIpc) is 3.01. The van der Waals surface area contributed by atoms with Gasteiger partial charge in [0.1, 0.15) is 6.54 Å². The molecule has 0 radical (unpaired) electrons. The summed E-state index contributed by atoms with van der Waals surface area (Å²) in [6, 6.07) is 16.0. The number of ether oxygens (including phenoxy) is 2. The molecule has 6 heteroatoms. The lowest BCUT2D eigenvalue weighted by Gasteiger charge is -2.10. The van der Waals surface area contributed by atoms with Crippen LogP contribution in [0.1, 0.15) is 21.6 Å². The van der Waals surface area contributed by atoms with Crippen molar-refractivity contribution in [1.29, 1.82) is 0 Å². The molecule has 3 aromatic rings. The predicted octanol–water partition coefficient (Wildman–Crippen LogP) is 2.76. The number of hydrogen-bond acceptors (Lipinski definition) is 5. The van der Waals surface area contributed by atoms with Crippen LogP contribution in [0.4, 0.5) is 0 Å². The molecule has 0 amide bonds. The Kier molecular flexibility index (Phi) is 5.35. The molecule has 1 aromatic heterocycles. The van der Waals surface area contributed by atoms with Gasteiger partial charge in [-0.25, -0.2) is 0 Å². The number of para-hydroxylation sites is 1. The standard InChI is InChI=1S/C21H19NO5/c1-26-18(23)12-16-15-10-6-7-11-17(15)22(13-19(24)27-2)20(16)21(25)14-8-4-3-5-9-14/h3-11H,12-13H2,1-2H3. The first-order valence-corrected chi connectivity index (χ1v) is 8.40. The van der Waals surface area contributed by atoms with E-state index in [1.54, 1.807) is 34.9 Å². The zero-order valence-corrected chi connectivity index (χ0v) is 15.1. The fourth-order valence-electron chi connectivity index (χ4n) is 3.11. The highest BCUT2D eigenvalue weighted by Crippen LogP contribution is 2.29. The van der Waals surface area contributed by atoms with Gasteiger partial charge in [0.15, 0.2) is 0 Å². The molecule has 0 aliphatic rings. The largest absolute Gasteiger partial charge is 0.469 e. The second-order valence-corrected chi connectivity index (χ2v) is 5.95. The van der Waals surface area contributed by atoms with Gasteiger partial charge < -0.3 is 14.0 Å². The summed E-state index contributed by atoms with van der Waals surface area (Å²) in [5.41, 5.74) is 1.98. The molecule has 0 spiro atoms. The minimum absolute atomic E-state index is 0.0703. The van der Waals surface area contributed by atoms with Crippen LogP contribution >= 0.6 is 0 Å². The third-order valence-corrected chi connectivity index (χ3v) is 4.39. The maximum atomic E-state index is 13.3. The fourth-order valence-corrected chi connectivity index (χ4v) is 3.11. The van der Waals surface area contributed by atoms with Gasteiger partial charge in [-0.15, -0.1) is 0 Å². The van der Waals surface area contributed by atoms with E-state index in [-0.39, 0.29) is 18.7 Å². The van der Waals surface area contributed by atoms with Crippen molar-refractivity contribution in [3.8, 4) is 0 Å². The zero-order valence-electron chi connectivity index (χ0n) is 15.1. The predicted molar refractivity (Wildman–Crippen MR) is 99.5 cm³/mol. The number of carbonyl (C=O) groups is 3. The molecule has 0 aliphatic heterocycles. The van der Waals surface area contributed by atoms with Crippen LogP contribution in [0.15, 0.2) is 54.6 Å².